The second-order valence-electron chi connectivity index (χ2n) is 2.57. The maximum Gasteiger partial charge on any atom is 0.422 e. The Morgan fingerprint density at radius 1 is 1.33 bits per heavy atom. The molecule has 0 saturated carbocycles. The number of H-pyrrole nitrogens is 1. The number of nitrogens with one attached hydrogen (secondary N) is 1. The Bertz CT molecular complexity index is 424. The molecule has 0 aliphatic carbocycles. The second-order valence-corrected chi connectivity index (χ2v) is 3.42. The average Bonchev–Trinajstić information content (AvgIpc) is 1.99. The molecule has 0 amide bonds. The van der Waals surface area contributed by atoms with Crippen LogP contribution in [-0.4, -0.2) is 4.98 Å². The van der Waals surface area contributed by atoms with Gasteiger partial charge in [-0.1, -0.05) is 0 Å². The largest absolute Gasteiger partial charge is 0.422 e. The number of rotatable bonds is 1. The van der Waals surface area contributed by atoms with Gasteiger partial charge < -0.3 is 4.98 Å². The van der Waals surface area contributed by atoms with Crippen LogP contribution in [0.25, 0.3) is 0 Å². The predicted octanol–water partition coefficient (Wildman–Crippen LogP) is 3.09. The molecule has 0 fully saturated rings. The lowest BCUT2D eigenvalue weighted by atomic mass is 10.2. The van der Waals surface area contributed by atoms with Crippen LogP contribution in [-0.2, 0) is 6.18 Å². The topological polar surface area (TPSA) is 32.9 Å². The van der Waals surface area contributed by atoms with Crippen LogP contribution in [0.2, 0.25) is 0 Å². The standard InChI is InChI=1S/C7H3BrF5NO/c8-3-1-2(15)4(7(11,12)13)5(14-3)6(9)10/h1,6H,(H,14,15). The molecule has 0 saturated heterocycles. The van der Waals surface area contributed by atoms with Gasteiger partial charge in [0.1, 0.15) is 5.56 Å². The third kappa shape index (κ3) is 2.55. The molecule has 0 aliphatic rings. The van der Waals surface area contributed by atoms with Gasteiger partial charge in [0.25, 0.3) is 6.43 Å². The van der Waals surface area contributed by atoms with Crippen molar-refractivity contribution in [3.8, 4) is 0 Å². The van der Waals surface area contributed by atoms with Crippen molar-refractivity contribution in [1.82, 2.24) is 4.98 Å². The monoisotopic (exact) mass is 291 g/mol. The van der Waals surface area contributed by atoms with Crippen molar-refractivity contribution in [1.29, 1.82) is 0 Å². The highest BCUT2D eigenvalue weighted by Gasteiger charge is 2.39. The molecule has 0 spiro atoms. The van der Waals surface area contributed by atoms with Gasteiger partial charge in [-0.15, -0.1) is 0 Å². The molecule has 1 aromatic rings. The first-order chi connectivity index (χ1) is 6.73. The van der Waals surface area contributed by atoms with Crippen LogP contribution >= 0.6 is 15.9 Å². The van der Waals surface area contributed by atoms with E-state index >= 15 is 0 Å². The van der Waals surface area contributed by atoms with Crippen LogP contribution in [0.5, 0.6) is 0 Å². The van der Waals surface area contributed by atoms with E-state index in [0.29, 0.717) is 6.07 Å². The third-order valence-corrected chi connectivity index (χ3v) is 1.96. The normalized spacial score (nSPS) is 12.2. The number of pyridine rings is 1. The summed E-state index contributed by atoms with van der Waals surface area (Å²) in [5.74, 6) is 0. The fraction of sp³-hybridized carbons (Fsp3) is 0.286. The van der Waals surface area contributed by atoms with Crippen LogP contribution in [0.4, 0.5) is 22.0 Å². The molecular formula is C7H3BrF5NO. The molecule has 0 atom stereocenters. The predicted molar refractivity (Wildman–Crippen MR) is 44.7 cm³/mol. The van der Waals surface area contributed by atoms with E-state index in [1.54, 1.807) is 4.98 Å². The minimum atomic E-state index is -5.10. The van der Waals surface area contributed by atoms with Gasteiger partial charge >= 0.3 is 6.18 Å². The third-order valence-electron chi connectivity index (χ3n) is 1.53. The molecule has 0 unspecified atom stereocenters. The summed E-state index contributed by atoms with van der Waals surface area (Å²) in [7, 11) is 0. The highest BCUT2D eigenvalue weighted by molar-refractivity contribution is 9.10. The first-order valence-electron chi connectivity index (χ1n) is 3.51. The van der Waals surface area contributed by atoms with E-state index in [-0.39, 0.29) is 4.60 Å². The van der Waals surface area contributed by atoms with Crippen LogP contribution < -0.4 is 5.43 Å². The van der Waals surface area contributed by atoms with Crippen LogP contribution in [0.15, 0.2) is 15.5 Å². The first-order valence-corrected chi connectivity index (χ1v) is 4.31. The molecule has 1 rings (SSSR count). The van der Waals surface area contributed by atoms with E-state index < -0.39 is 29.3 Å². The summed E-state index contributed by atoms with van der Waals surface area (Å²) in [4.78, 5) is 12.7. The zero-order chi connectivity index (χ0) is 11.8. The molecule has 0 aliphatic heterocycles. The lowest BCUT2D eigenvalue weighted by Crippen LogP contribution is -2.23. The molecule has 84 valence electrons. The van der Waals surface area contributed by atoms with Gasteiger partial charge in [-0.05, 0) is 15.9 Å². The maximum atomic E-state index is 12.2. The van der Waals surface area contributed by atoms with E-state index in [0.717, 1.165) is 0 Å². The van der Waals surface area contributed by atoms with Crippen molar-refractivity contribution in [2.75, 3.05) is 0 Å². The zero-order valence-electron chi connectivity index (χ0n) is 6.83. The highest BCUT2D eigenvalue weighted by atomic mass is 79.9. The van der Waals surface area contributed by atoms with E-state index in [2.05, 4.69) is 15.9 Å². The summed E-state index contributed by atoms with van der Waals surface area (Å²) >= 11 is 2.63. The quantitative estimate of drug-likeness (QED) is 0.626. The van der Waals surface area contributed by atoms with Gasteiger partial charge in [-0.25, -0.2) is 8.78 Å². The summed E-state index contributed by atoms with van der Waals surface area (Å²) in [5.41, 5.74) is -4.79. The molecule has 0 bridgehead atoms. The van der Waals surface area contributed by atoms with Gasteiger partial charge in [0.2, 0.25) is 0 Å². The molecule has 1 N–H and O–H groups in total. The Hall–Kier alpha value is -0.920. The molecule has 15 heavy (non-hydrogen) atoms. The maximum absolute atomic E-state index is 12.2. The Balaban J connectivity index is 3.55. The lowest BCUT2D eigenvalue weighted by molar-refractivity contribution is -0.140. The van der Waals surface area contributed by atoms with Crippen molar-refractivity contribution in [2.45, 2.75) is 12.6 Å². The average molecular weight is 292 g/mol. The fourth-order valence-electron chi connectivity index (χ4n) is 1.00. The number of hydrogen-bond donors (Lipinski definition) is 1. The Morgan fingerprint density at radius 2 is 1.87 bits per heavy atom. The minimum absolute atomic E-state index is 0.226. The Morgan fingerprint density at radius 3 is 2.27 bits per heavy atom. The smallest absolute Gasteiger partial charge is 0.348 e. The molecule has 1 aromatic heterocycles. The number of alkyl halides is 5. The van der Waals surface area contributed by atoms with Crippen LogP contribution in [0.1, 0.15) is 17.7 Å². The van der Waals surface area contributed by atoms with Gasteiger partial charge in [-0.2, -0.15) is 13.2 Å². The van der Waals surface area contributed by atoms with Gasteiger partial charge in [0.15, 0.2) is 5.43 Å². The Labute approximate surface area is 88.2 Å². The number of hydrogen-bond acceptors (Lipinski definition) is 1. The molecule has 0 aromatic carbocycles. The van der Waals surface area contributed by atoms with E-state index in [9.17, 15) is 26.7 Å². The molecule has 2 nitrogen and oxygen atoms in total. The van der Waals surface area contributed by atoms with Gasteiger partial charge in [0.05, 0.1) is 10.3 Å². The first kappa shape index (κ1) is 12.2. The minimum Gasteiger partial charge on any atom is -0.348 e. The Kier molecular flexibility index (Phi) is 3.17. The molecular weight excluding hydrogens is 289 g/mol. The van der Waals surface area contributed by atoms with E-state index in [1.807, 2.05) is 0 Å². The summed E-state index contributed by atoms with van der Waals surface area (Å²) in [6.07, 6.45) is -8.49. The van der Waals surface area contributed by atoms with E-state index in [4.69, 9.17) is 0 Å². The van der Waals surface area contributed by atoms with Gasteiger partial charge in [0, 0.05) is 6.07 Å². The van der Waals surface area contributed by atoms with Crippen molar-refractivity contribution in [2.24, 2.45) is 0 Å². The SMILES string of the molecule is O=c1cc(Br)[nH]c(C(F)F)c1C(F)(F)F. The highest BCUT2D eigenvalue weighted by Crippen LogP contribution is 2.33. The van der Waals surface area contributed by atoms with Gasteiger partial charge in [-0.3, -0.25) is 4.79 Å². The molecule has 1 heterocycles. The van der Waals surface area contributed by atoms with Crippen molar-refractivity contribution in [3.63, 3.8) is 0 Å². The number of aromatic nitrogens is 1. The number of halogens is 6. The summed E-state index contributed by atoms with van der Waals surface area (Å²) in [6.45, 7) is 0. The lowest BCUT2D eigenvalue weighted by Gasteiger charge is -2.11. The summed E-state index contributed by atoms with van der Waals surface area (Å²) in [6, 6.07) is 0.550. The summed E-state index contributed by atoms with van der Waals surface area (Å²) in [5, 5.41) is 0. The van der Waals surface area contributed by atoms with Crippen molar-refractivity contribution < 1.29 is 22.0 Å². The van der Waals surface area contributed by atoms with Crippen LogP contribution in [0.3, 0.4) is 0 Å². The second kappa shape index (κ2) is 3.92. The number of aromatic amines is 1. The van der Waals surface area contributed by atoms with Crippen molar-refractivity contribution >= 4 is 15.9 Å². The zero-order valence-corrected chi connectivity index (χ0v) is 8.42. The van der Waals surface area contributed by atoms with Crippen LogP contribution in [0, 0.1) is 0 Å². The fourth-order valence-corrected chi connectivity index (χ4v) is 1.42. The van der Waals surface area contributed by atoms with Crippen molar-refractivity contribution in [3.05, 3.63) is 32.2 Å². The van der Waals surface area contributed by atoms with E-state index in [1.165, 1.54) is 0 Å². The summed E-state index contributed by atoms with van der Waals surface area (Å²) < 4.78 is 60.9. The molecule has 0 radical (unpaired) electrons. The molecule has 8 heteroatoms.